The lowest BCUT2D eigenvalue weighted by Crippen LogP contribution is -2.34. The highest BCUT2D eigenvalue weighted by atomic mass is 35.5. The fourth-order valence-corrected chi connectivity index (χ4v) is 15.5. The van der Waals surface area contributed by atoms with Gasteiger partial charge in [0.15, 0.2) is 12.4 Å². The Morgan fingerprint density at radius 1 is 0.510 bits per heavy atom. The number of aliphatic hydroxyl groups excluding tert-OH is 2. The topological polar surface area (TPSA) is 202 Å². The van der Waals surface area contributed by atoms with Gasteiger partial charge in [-0.1, -0.05) is 41.4 Å². The molecular weight excluding hydrogens is 1250 g/mol. The molecule has 12 aromatic rings. The summed E-state index contributed by atoms with van der Waals surface area (Å²) < 4.78 is 9.65. The fraction of sp³-hybridized carbons (Fsp3) is 0.367. The monoisotopic (exact) mass is 1340 g/mol. The number of halogens is 1. The van der Waals surface area contributed by atoms with Gasteiger partial charge in [0.25, 0.3) is 0 Å². The van der Waals surface area contributed by atoms with Gasteiger partial charge in [0, 0.05) is 170 Å². The van der Waals surface area contributed by atoms with Crippen molar-refractivity contribution in [1.82, 2.24) is 57.9 Å². The first-order valence-corrected chi connectivity index (χ1v) is 34.7. The normalized spacial score (nSPS) is 16.7. The lowest BCUT2D eigenvalue weighted by atomic mass is 9.95. The highest BCUT2D eigenvalue weighted by Crippen LogP contribution is 2.40. The van der Waals surface area contributed by atoms with E-state index in [-0.39, 0.29) is 0 Å². The van der Waals surface area contributed by atoms with Gasteiger partial charge in [0.05, 0.1) is 54.5 Å². The van der Waals surface area contributed by atoms with Gasteiger partial charge in [0.1, 0.15) is 22.5 Å². The molecule has 19 heteroatoms. The molecule has 3 aliphatic heterocycles. The molecule has 0 spiro atoms. The Bertz CT molecular complexity index is 4810. The van der Waals surface area contributed by atoms with Crippen LogP contribution in [-0.4, -0.2) is 119 Å². The molecule has 4 unspecified atom stereocenters. The molecular formula is C79H90ClN13O5. The number of aromatic nitrogens is 10. The maximum atomic E-state index is 11.7. The Balaban J connectivity index is 0.000000118. The smallest absolute Gasteiger partial charge is 0.186 e. The van der Waals surface area contributed by atoms with Crippen molar-refractivity contribution >= 4 is 55.5 Å². The number of aryl methyl sites for hydroxylation is 4. The Morgan fingerprint density at radius 3 is 1.59 bits per heavy atom. The molecule has 4 atom stereocenters. The lowest BCUT2D eigenvalue weighted by molar-refractivity contribution is -0.606. The molecule has 0 radical (unpaired) electrons. The van der Waals surface area contributed by atoms with E-state index in [0.29, 0.717) is 31.7 Å². The van der Waals surface area contributed by atoms with E-state index in [4.69, 9.17) is 11.6 Å². The molecule has 2 aromatic carbocycles. The summed E-state index contributed by atoms with van der Waals surface area (Å²) in [7, 11) is 6.44. The van der Waals surface area contributed by atoms with Crippen molar-refractivity contribution < 1.29 is 25.2 Å². The summed E-state index contributed by atoms with van der Waals surface area (Å²) >= 11 is 6.56. The molecule has 0 fully saturated rings. The van der Waals surface area contributed by atoms with Gasteiger partial charge in [-0.25, -0.2) is 9.97 Å². The molecule has 13 heterocycles. The molecule has 16 rings (SSSR count). The van der Waals surface area contributed by atoms with Crippen molar-refractivity contribution in [2.75, 3.05) is 40.8 Å². The Morgan fingerprint density at radius 2 is 1.01 bits per heavy atom. The number of hydrogen-bond acceptors (Lipinski definition) is 13. The van der Waals surface area contributed by atoms with Crippen LogP contribution in [0.15, 0.2) is 159 Å². The van der Waals surface area contributed by atoms with Crippen LogP contribution in [0.2, 0.25) is 5.02 Å². The van der Waals surface area contributed by atoms with Crippen molar-refractivity contribution in [2.24, 2.45) is 0 Å². The standard InChI is InChI=1S/C21H25N3O2.C20H22ClN3O.C19H22N4O.C19H21N3O/c1-15-6-7-19-17(11-15)18-13-22(3)10-8-20(18)24(19)14-21(2,25)16-5-4-9-23(26)12-16;1-20(25,14-5-4-9-22-11-14)13-24-18-8-10-23(2)12-16(18)15-6-3-7-17(21)19(15)24;1-13-9-15-16-11-22(2)8-5-17(16)23(19(15)21-10-13)12-18(24)14-3-6-20-7-4-14;1-13-10-16-15-4-2-3-5-17(15)22(19(16)21-11-13)12-18(23)14-6-8-20-9-7-14/h4-7,9,11-12,25H,8,10,13-14H2,1-3H3;3-7,9,11,25H,8,10,12-13H2,1-2H3;3-4,6-7,9-10,18,24H,5,8,11-12H2,1-2H3;6-11,18,23H,2-5,12H2,1H3. The molecule has 0 saturated heterocycles. The van der Waals surface area contributed by atoms with E-state index in [1.165, 1.54) is 109 Å². The molecule has 4 aliphatic rings. The summed E-state index contributed by atoms with van der Waals surface area (Å²) in [5.74, 6) is 0. The second-order valence-electron chi connectivity index (χ2n) is 28.0. The number of nitrogens with zero attached hydrogens (tertiary/aromatic N) is 13. The predicted octanol–water partition coefficient (Wildman–Crippen LogP) is 11.9. The largest absolute Gasteiger partial charge is 0.619 e. The minimum atomic E-state index is -1.12. The van der Waals surface area contributed by atoms with Crippen LogP contribution >= 0.6 is 11.6 Å². The van der Waals surface area contributed by atoms with Gasteiger partial charge < -0.3 is 58.6 Å². The number of fused-ring (bicyclic) bond motifs is 12. The number of pyridine rings is 6. The van der Waals surface area contributed by atoms with Gasteiger partial charge in [0.2, 0.25) is 0 Å². The summed E-state index contributed by atoms with van der Waals surface area (Å²) in [5.41, 5.74) is 19.6. The maximum Gasteiger partial charge on any atom is 0.186 e. The van der Waals surface area contributed by atoms with E-state index >= 15 is 0 Å². The summed E-state index contributed by atoms with van der Waals surface area (Å²) in [6, 6.07) is 31.8. The quantitative estimate of drug-likeness (QED) is 0.0665. The highest BCUT2D eigenvalue weighted by molar-refractivity contribution is 6.35. The molecule has 0 amide bonds. The number of rotatable bonds is 12. The third-order valence-corrected chi connectivity index (χ3v) is 20.6. The molecule has 0 bridgehead atoms. The van der Waals surface area contributed by atoms with Crippen LogP contribution in [-0.2, 0) is 89.1 Å². The Labute approximate surface area is 578 Å². The van der Waals surface area contributed by atoms with Gasteiger partial charge in [-0.15, -0.1) is 0 Å². The van der Waals surface area contributed by atoms with Crippen molar-refractivity contribution in [1.29, 1.82) is 0 Å². The van der Waals surface area contributed by atoms with Gasteiger partial charge in [-0.3, -0.25) is 15.0 Å². The van der Waals surface area contributed by atoms with E-state index in [2.05, 4.69) is 136 Å². The Kier molecular flexibility index (Phi) is 19.8. The van der Waals surface area contributed by atoms with Crippen molar-refractivity contribution in [2.45, 2.75) is 149 Å². The molecule has 4 N–H and O–H groups in total. The van der Waals surface area contributed by atoms with E-state index in [1.807, 2.05) is 73.9 Å². The summed E-state index contributed by atoms with van der Waals surface area (Å²) in [6.07, 6.45) is 23.5. The Hall–Kier alpha value is -8.69. The zero-order valence-corrected chi connectivity index (χ0v) is 58.3. The zero-order valence-electron chi connectivity index (χ0n) is 57.6. The first kappa shape index (κ1) is 67.9. The van der Waals surface area contributed by atoms with Crippen LogP contribution < -0.4 is 4.73 Å². The minimum absolute atomic E-state index is 0.426. The zero-order chi connectivity index (χ0) is 68.6. The van der Waals surface area contributed by atoms with Crippen LogP contribution in [0, 0.1) is 26.0 Å². The SMILES string of the molecule is CN1CCc2c(c3cccc(Cl)c3n2CC(C)(O)c2cccnc2)C1.Cc1ccc2c(c1)c1c(n2CC(C)(O)c2ccc[n+]([O-])c2)CCN(C)C1.Cc1cnc2c(c1)c1c(n2CC(O)c2ccncc2)CCCC1.Cc1cnc2c(c1)c1c(n2CC(O)c2ccncc2)CCN(C)C1. The second-order valence-corrected chi connectivity index (χ2v) is 28.4. The molecule has 508 valence electrons. The van der Waals surface area contributed by atoms with Crippen LogP contribution in [0.4, 0.5) is 0 Å². The molecule has 1 aliphatic carbocycles. The van der Waals surface area contributed by atoms with E-state index in [0.717, 1.165) is 120 Å². The highest BCUT2D eigenvalue weighted by Gasteiger charge is 2.33. The van der Waals surface area contributed by atoms with E-state index in [1.54, 1.807) is 50.2 Å². The number of aliphatic hydroxyl groups is 4. The van der Waals surface area contributed by atoms with Gasteiger partial charge in [-0.2, -0.15) is 4.73 Å². The number of likely N-dealkylation sites (N-methyl/N-ethyl adjacent to an activating group) is 3. The van der Waals surface area contributed by atoms with Crippen molar-refractivity contribution in [3.05, 3.63) is 253 Å². The summed E-state index contributed by atoms with van der Waals surface area (Å²) in [6.45, 7) is 17.7. The van der Waals surface area contributed by atoms with Gasteiger partial charge in [-0.05, 0) is 193 Å². The van der Waals surface area contributed by atoms with Crippen LogP contribution in [0.25, 0.3) is 43.9 Å². The number of hydrogen-bond donors (Lipinski definition) is 4. The molecule has 98 heavy (non-hydrogen) atoms. The summed E-state index contributed by atoms with van der Waals surface area (Å²) in [5, 5.41) is 61.0. The lowest BCUT2D eigenvalue weighted by Gasteiger charge is -2.28. The first-order valence-electron chi connectivity index (χ1n) is 34.3. The predicted molar refractivity (Wildman–Crippen MR) is 386 cm³/mol. The van der Waals surface area contributed by atoms with Crippen LogP contribution in [0.5, 0.6) is 0 Å². The number of benzene rings is 2. The number of para-hydroxylation sites is 1. The maximum absolute atomic E-state index is 11.7. The van der Waals surface area contributed by atoms with Crippen LogP contribution in [0.1, 0.15) is 123 Å². The second kappa shape index (κ2) is 28.6. The summed E-state index contributed by atoms with van der Waals surface area (Å²) in [4.78, 5) is 28.6. The average Bonchev–Trinajstić information content (AvgIpc) is 1.62. The van der Waals surface area contributed by atoms with Crippen LogP contribution in [0.3, 0.4) is 0 Å². The fourth-order valence-electron chi connectivity index (χ4n) is 15.2. The third-order valence-electron chi connectivity index (χ3n) is 20.3. The van der Waals surface area contributed by atoms with E-state index in [9.17, 15) is 25.6 Å². The van der Waals surface area contributed by atoms with Gasteiger partial charge >= 0.3 is 0 Å². The molecule has 0 saturated carbocycles. The third kappa shape index (κ3) is 14.2. The first-order chi connectivity index (χ1) is 47.2. The molecule has 10 aromatic heterocycles. The average molecular weight is 1340 g/mol. The van der Waals surface area contributed by atoms with Crippen molar-refractivity contribution in [3.63, 3.8) is 0 Å². The molecule has 18 nitrogen and oxygen atoms in total. The van der Waals surface area contributed by atoms with Crippen molar-refractivity contribution in [3.8, 4) is 0 Å². The van der Waals surface area contributed by atoms with E-state index < -0.39 is 23.4 Å². The minimum Gasteiger partial charge on any atom is -0.619 e.